The lowest BCUT2D eigenvalue weighted by molar-refractivity contribution is -0.137. The number of anilines is 1. The molecule has 1 aromatic carbocycles. The van der Waals surface area contributed by atoms with E-state index in [-0.39, 0.29) is 5.69 Å². The van der Waals surface area contributed by atoms with Crippen LogP contribution < -0.4 is 10.6 Å². The minimum Gasteiger partial charge on any atom is -0.325 e. The third kappa shape index (κ3) is 3.61. The first-order valence-corrected chi connectivity index (χ1v) is 6.62. The van der Waals surface area contributed by atoms with Gasteiger partial charge in [0.05, 0.1) is 5.56 Å². The fourth-order valence-electron chi connectivity index (χ4n) is 2.05. The zero-order chi connectivity index (χ0) is 17.4. The first-order valence-electron chi connectivity index (χ1n) is 6.62. The molecule has 0 spiro atoms. The van der Waals surface area contributed by atoms with Gasteiger partial charge in [0.15, 0.2) is 0 Å². The van der Waals surface area contributed by atoms with E-state index in [1.165, 1.54) is 13.8 Å². The van der Waals surface area contributed by atoms with Gasteiger partial charge in [0, 0.05) is 5.69 Å². The second-order valence-corrected chi connectivity index (χ2v) is 5.57. The number of nitrogens with one attached hydrogen (secondary N) is 2. The smallest absolute Gasteiger partial charge is 0.325 e. The number of benzene rings is 1. The van der Waals surface area contributed by atoms with Crippen LogP contribution in [0.1, 0.15) is 19.4 Å². The van der Waals surface area contributed by atoms with Gasteiger partial charge in [0.1, 0.15) is 12.1 Å². The van der Waals surface area contributed by atoms with Gasteiger partial charge in [-0.25, -0.2) is 4.79 Å². The van der Waals surface area contributed by atoms with Gasteiger partial charge < -0.3 is 10.6 Å². The molecule has 0 atom stereocenters. The average Bonchev–Trinajstić information content (AvgIpc) is 2.60. The van der Waals surface area contributed by atoms with Crippen LogP contribution in [-0.2, 0) is 15.8 Å². The van der Waals surface area contributed by atoms with Crippen molar-refractivity contribution in [2.24, 2.45) is 0 Å². The Bertz CT molecular complexity index is 653. The summed E-state index contributed by atoms with van der Waals surface area (Å²) in [5.74, 6) is -1.24. The SMILES string of the molecule is CC1(C)NC(=O)N(CC(=O)Nc2ccc(C(F)(F)F)cc2)C1=O. The summed E-state index contributed by atoms with van der Waals surface area (Å²) in [7, 11) is 0. The Morgan fingerprint density at radius 3 is 2.22 bits per heavy atom. The summed E-state index contributed by atoms with van der Waals surface area (Å²) in [6, 6.07) is 3.15. The molecule has 6 nitrogen and oxygen atoms in total. The zero-order valence-corrected chi connectivity index (χ0v) is 12.3. The second kappa shape index (κ2) is 5.56. The van der Waals surface area contributed by atoms with Crippen molar-refractivity contribution in [3.8, 4) is 0 Å². The number of hydrogen-bond donors (Lipinski definition) is 2. The number of hydrogen-bond acceptors (Lipinski definition) is 3. The van der Waals surface area contributed by atoms with Gasteiger partial charge in [-0.2, -0.15) is 13.2 Å². The highest BCUT2D eigenvalue weighted by Gasteiger charge is 2.44. The molecule has 23 heavy (non-hydrogen) atoms. The Kier molecular flexibility index (Phi) is 4.06. The zero-order valence-electron chi connectivity index (χ0n) is 12.3. The first-order chi connectivity index (χ1) is 10.5. The van der Waals surface area contributed by atoms with Crippen molar-refractivity contribution in [2.75, 3.05) is 11.9 Å². The molecule has 1 saturated heterocycles. The highest BCUT2D eigenvalue weighted by Crippen LogP contribution is 2.29. The van der Waals surface area contributed by atoms with Crippen molar-refractivity contribution in [1.82, 2.24) is 10.2 Å². The largest absolute Gasteiger partial charge is 0.416 e. The molecule has 124 valence electrons. The van der Waals surface area contributed by atoms with Gasteiger partial charge in [-0.3, -0.25) is 14.5 Å². The van der Waals surface area contributed by atoms with Crippen molar-refractivity contribution < 1.29 is 27.6 Å². The Hall–Kier alpha value is -2.58. The summed E-state index contributed by atoms with van der Waals surface area (Å²) in [6.07, 6.45) is -4.46. The van der Waals surface area contributed by atoms with Crippen LogP contribution >= 0.6 is 0 Å². The predicted molar refractivity (Wildman–Crippen MR) is 74.4 cm³/mol. The molecule has 2 N–H and O–H groups in total. The maximum absolute atomic E-state index is 12.4. The van der Waals surface area contributed by atoms with Crippen molar-refractivity contribution >= 4 is 23.5 Å². The molecule has 0 unspecified atom stereocenters. The quantitative estimate of drug-likeness (QED) is 0.832. The molecule has 1 aromatic rings. The lowest BCUT2D eigenvalue weighted by Crippen LogP contribution is -2.41. The Labute approximate surface area is 129 Å². The highest BCUT2D eigenvalue weighted by atomic mass is 19.4. The average molecular weight is 329 g/mol. The van der Waals surface area contributed by atoms with E-state index in [4.69, 9.17) is 0 Å². The van der Waals surface area contributed by atoms with Crippen LogP contribution in [0.4, 0.5) is 23.7 Å². The van der Waals surface area contributed by atoms with Crippen LogP contribution in [0.25, 0.3) is 0 Å². The van der Waals surface area contributed by atoms with E-state index >= 15 is 0 Å². The van der Waals surface area contributed by atoms with Gasteiger partial charge >= 0.3 is 12.2 Å². The van der Waals surface area contributed by atoms with E-state index in [0.29, 0.717) is 0 Å². The summed E-state index contributed by atoms with van der Waals surface area (Å²) in [5.41, 5.74) is -1.80. The van der Waals surface area contributed by atoms with E-state index in [9.17, 15) is 27.6 Å². The summed E-state index contributed by atoms with van der Waals surface area (Å²) in [4.78, 5) is 36.1. The molecule has 0 bridgehead atoms. The molecule has 0 aliphatic carbocycles. The molecule has 1 aliphatic rings. The molecule has 0 aromatic heterocycles. The van der Waals surface area contributed by atoms with Gasteiger partial charge in [0.25, 0.3) is 5.91 Å². The van der Waals surface area contributed by atoms with E-state index < -0.39 is 41.7 Å². The number of rotatable bonds is 3. The number of imide groups is 1. The third-order valence-corrected chi connectivity index (χ3v) is 3.24. The topological polar surface area (TPSA) is 78.5 Å². The summed E-state index contributed by atoms with van der Waals surface area (Å²) < 4.78 is 37.3. The van der Waals surface area contributed by atoms with E-state index in [2.05, 4.69) is 10.6 Å². The number of nitrogens with zero attached hydrogens (tertiary/aromatic N) is 1. The summed E-state index contributed by atoms with van der Waals surface area (Å²) in [5, 5.41) is 4.75. The highest BCUT2D eigenvalue weighted by molar-refractivity contribution is 6.09. The van der Waals surface area contributed by atoms with Crippen LogP contribution in [0.5, 0.6) is 0 Å². The number of halogens is 3. The van der Waals surface area contributed by atoms with Crippen molar-refractivity contribution in [3.05, 3.63) is 29.8 Å². The van der Waals surface area contributed by atoms with Crippen molar-refractivity contribution in [2.45, 2.75) is 25.6 Å². The van der Waals surface area contributed by atoms with Crippen LogP contribution in [0.2, 0.25) is 0 Å². The molecule has 0 radical (unpaired) electrons. The van der Waals surface area contributed by atoms with Crippen molar-refractivity contribution in [3.63, 3.8) is 0 Å². The Morgan fingerprint density at radius 1 is 1.22 bits per heavy atom. The standard InChI is InChI=1S/C14H14F3N3O3/c1-13(2)11(22)20(12(23)19-13)7-10(21)18-9-5-3-8(4-6-9)14(15,16)17/h3-6H,7H2,1-2H3,(H,18,21)(H,19,23). The molecular weight excluding hydrogens is 315 g/mol. The van der Waals surface area contributed by atoms with Gasteiger partial charge in [-0.1, -0.05) is 0 Å². The first kappa shape index (κ1) is 16.8. The molecule has 2 rings (SSSR count). The van der Waals surface area contributed by atoms with Crippen LogP contribution in [-0.4, -0.2) is 34.8 Å². The summed E-state index contributed by atoms with van der Waals surface area (Å²) in [6.45, 7) is 2.48. The minimum atomic E-state index is -4.46. The maximum atomic E-state index is 12.4. The third-order valence-electron chi connectivity index (χ3n) is 3.24. The van der Waals surface area contributed by atoms with E-state index in [1.807, 2.05) is 0 Å². The fourth-order valence-corrected chi connectivity index (χ4v) is 2.05. The second-order valence-electron chi connectivity index (χ2n) is 5.57. The number of urea groups is 1. The molecule has 1 aliphatic heterocycles. The minimum absolute atomic E-state index is 0.134. The van der Waals surface area contributed by atoms with E-state index in [1.54, 1.807) is 0 Å². The maximum Gasteiger partial charge on any atom is 0.416 e. The van der Waals surface area contributed by atoms with Crippen LogP contribution in [0, 0.1) is 0 Å². The molecule has 1 fully saturated rings. The van der Waals surface area contributed by atoms with Gasteiger partial charge in [-0.05, 0) is 38.1 Å². The molecule has 0 saturated carbocycles. The van der Waals surface area contributed by atoms with Gasteiger partial charge in [-0.15, -0.1) is 0 Å². The normalized spacial score (nSPS) is 17.2. The number of carbonyl (C=O) groups excluding carboxylic acids is 3. The lowest BCUT2D eigenvalue weighted by atomic mass is 10.1. The monoisotopic (exact) mass is 329 g/mol. The van der Waals surface area contributed by atoms with Crippen LogP contribution in [0.15, 0.2) is 24.3 Å². The van der Waals surface area contributed by atoms with E-state index in [0.717, 1.165) is 29.2 Å². The molecular formula is C14H14F3N3O3. The van der Waals surface area contributed by atoms with Gasteiger partial charge in [0.2, 0.25) is 5.91 Å². The lowest BCUT2D eigenvalue weighted by Gasteiger charge is -2.15. The molecule has 1 heterocycles. The molecule has 4 amide bonds. The Balaban J connectivity index is 2.00. The predicted octanol–water partition coefficient (Wildman–Crippen LogP) is 1.97. The van der Waals surface area contributed by atoms with Crippen LogP contribution in [0.3, 0.4) is 0 Å². The number of alkyl halides is 3. The van der Waals surface area contributed by atoms with Crippen molar-refractivity contribution in [1.29, 1.82) is 0 Å². The number of amides is 4. The summed E-state index contributed by atoms with van der Waals surface area (Å²) >= 11 is 0. The number of carbonyl (C=O) groups is 3. The molecule has 9 heteroatoms. The Morgan fingerprint density at radius 2 is 1.78 bits per heavy atom. The fraction of sp³-hybridized carbons (Fsp3) is 0.357.